The summed E-state index contributed by atoms with van der Waals surface area (Å²) in [6.45, 7) is 0. The van der Waals surface area contributed by atoms with Crippen LogP contribution < -0.4 is 16.2 Å². The van der Waals surface area contributed by atoms with Crippen LogP contribution in [0, 0.1) is 0 Å². The zero-order valence-corrected chi connectivity index (χ0v) is 16.6. The molecule has 0 saturated heterocycles. The Bertz CT molecular complexity index is 1040. The van der Waals surface area contributed by atoms with Crippen molar-refractivity contribution in [1.29, 1.82) is 0 Å². The fourth-order valence-corrected chi connectivity index (χ4v) is 3.25. The zero-order chi connectivity index (χ0) is 21.0. The van der Waals surface area contributed by atoms with Crippen molar-refractivity contribution in [2.24, 2.45) is 5.84 Å². The lowest BCUT2D eigenvalue weighted by atomic mass is 9.97. The lowest BCUT2D eigenvalue weighted by Crippen LogP contribution is -2.26. The quantitative estimate of drug-likeness (QED) is 0.287. The molecule has 0 aliphatic carbocycles. The Morgan fingerprint density at radius 2 is 1.66 bits per heavy atom. The Morgan fingerprint density at radius 1 is 1.00 bits per heavy atom. The average molecular weight is 389 g/mol. The van der Waals surface area contributed by atoms with Gasteiger partial charge in [-0.2, -0.15) is 0 Å². The highest BCUT2D eigenvalue weighted by Crippen LogP contribution is 2.35. The fraction of sp³-hybridized carbons (Fsp3) is 0.130. The number of hydrogen-bond donors (Lipinski definition) is 2. The number of hydrogen-bond acceptors (Lipinski definition) is 6. The van der Waals surface area contributed by atoms with E-state index in [4.69, 9.17) is 10.6 Å². The number of ether oxygens (including phenoxy) is 1. The van der Waals surface area contributed by atoms with Gasteiger partial charge in [0.2, 0.25) is 0 Å². The summed E-state index contributed by atoms with van der Waals surface area (Å²) in [5, 5.41) is 4.49. The molecule has 0 fully saturated rings. The molecule has 29 heavy (non-hydrogen) atoms. The Morgan fingerprint density at radius 3 is 2.21 bits per heavy atom. The van der Waals surface area contributed by atoms with Crippen molar-refractivity contribution >= 4 is 23.6 Å². The monoisotopic (exact) mass is 389 g/mol. The number of rotatable bonds is 6. The van der Waals surface area contributed by atoms with Gasteiger partial charge in [0.15, 0.2) is 0 Å². The molecule has 0 aromatic heterocycles. The van der Waals surface area contributed by atoms with E-state index in [-0.39, 0.29) is 0 Å². The van der Waals surface area contributed by atoms with Crippen LogP contribution in [0.1, 0.15) is 20.7 Å². The highest BCUT2D eigenvalue weighted by molar-refractivity contribution is 6.01. The van der Waals surface area contributed by atoms with Gasteiger partial charge in [-0.25, -0.2) is 10.6 Å². The molecule has 148 valence electrons. The summed E-state index contributed by atoms with van der Waals surface area (Å²) in [5.74, 6) is 5.54. The number of benzene rings is 3. The predicted octanol–water partition coefficient (Wildman–Crippen LogP) is 3.97. The number of methoxy groups -OCH3 is 1. The zero-order valence-electron chi connectivity index (χ0n) is 16.6. The van der Waals surface area contributed by atoms with Gasteiger partial charge in [0.25, 0.3) is 0 Å². The SMILES string of the molecule is CNc1c(C(=O)OC)cc(-c2ccc(-c3cccc(C=O)c3)cc2)cc1N(C)N. The fourth-order valence-electron chi connectivity index (χ4n) is 3.25. The molecule has 6 heteroatoms. The van der Waals surface area contributed by atoms with Crippen LogP contribution in [0.25, 0.3) is 22.3 Å². The maximum absolute atomic E-state index is 12.3. The second-order valence-corrected chi connectivity index (χ2v) is 6.59. The summed E-state index contributed by atoms with van der Waals surface area (Å²) >= 11 is 0. The molecule has 0 heterocycles. The van der Waals surface area contributed by atoms with Gasteiger partial charge in [0, 0.05) is 19.7 Å². The van der Waals surface area contributed by atoms with Crippen LogP contribution in [-0.4, -0.2) is 33.5 Å². The molecular formula is C23H23N3O3. The minimum Gasteiger partial charge on any atom is -0.465 e. The molecule has 3 aromatic carbocycles. The van der Waals surface area contributed by atoms with Crippen LogP contribution >= 0.6 is 0 Å². The van der Waals surface area contributed by atoms with Crippen LogP contribution in [0.4, 0.5) is 11.4 Å². The van der Waals surface area contributed by atoms with E-state index in [0.717, 1.165) is 28.5 Å². The second kappa shape index (κ2) is 8.58. The van der Waals surface area contributed by atoms with Crippen molar-refractivity contribution in [1.82, 2.24) is 0 Å². The summed E-state index contributed by atoms with van der Waals surface area (Å²) in [7, 11) is 4.79. The highest BCUT2D eigenvalue weighted by atomic mass is 16.5. The van der Waals surface area contributed by atoms with Gasteiger partial charge >= 0.3 is 5.97 Å². The van der Waals surface area contributed by atoms with E-state index in [1.807, 2.05) is 48.5 Å². The van der Waals surface area contributed by atoms with E-state index in [0.29, 0.717) is 22.5 Å². The molecular weight excluding hydrogens is 366 g/mol. The summed E-state index contributed by atoms with van der Waals surface area (Å²) in [6, 6.07) is 19.0. The van der Waals surface area contributed by atoms with Gasteiger partial charge in [0.05, 0.1) is 24.0 Å². The van der Waals surface area contributed by atoms with E-state index in [1.54, 1.807) is 26.2 Å². The number of esters is 1. The minimum absolute atomic E-state index is 0.405. The number of carbonyl (C=O) groups is 2. The van der Waals surface area contributed by atoms with Crippen LogP contribution in [0.2, 0.25) is 0 Å². The molecule has 0 amide bonds. The van der Waals surface area contributed by atoms with E-state index >= 15 is 0 Å². The first kappa shape index (κ1) is 20.1. The summed E-state index contributed by atoms with van der Waals surface area (Å²) in [4.78, 5) is 23.3. The molecule has 3 N–H and O–H groups in total. The van der Waals surface area contributed by atoms with E-state index < -0.39 is 5.97 Å². The third-order valence-corrected chi connectivity index (χ3v) is 4.73. The summed E-state index contributed by atoms with van der Waals surface area (Å²) < 4.78 is 4.94. The van der Waals surface area contributed by atoms with E-state index in [1.165, 1.54) is 12.1 Å². The number of nitrogens with two attached hydrogens (primary N) is 1. The molecule has 0 spiro atoms. The Kier molecular flexibility index (Phi) is 5.95. The van der Waals surface area contributed by atoms with Crippen molar-refractivity contribution in [3.05, 3.63) is 71.8 Å². The maximum Gasteiger partial charge on any atom is 0.340 e. The standard InChI is InChI=1S/C23H23N3O3/c1-25-22-20(23(28)29-3)12-19(13-21(22)26(2)24)17-9-7-16(8-10-17)18-6-4-5-15(11-18)14-27/h4-14,25H,24H2,1-3H3. The van der Waals surface area contributed by atoms with Crippen LogP contribution in [0.15, 0.2) is 60.7 Å². The van der Waals surface area contributed by atoms with Crippen molar-refractivity contribution in [2.45, 2.75) is 0 Å². The number of anilines is 2. The molecule has 0 radical (unpaired) electrons. The number of carbonyl (C=O) groups excluding carboxylic acids is 2. The van der Waals surface area contributed by atoms with Gasteiger partial charge < -0.3 is 15.1 Å². The van der Waals surface area contributed by atoms with Crippen molar-refractivity contribution in [2.75, 3.05) is 31.5 Å². The number of nitrogens with one attached hydrogen (secondary N) is 1. The van der Waals surface area contributed by atoms with Crippen LogP contribution in [-0.2, 0) is 4.74 Å². The molecule has 6 nitrogen and oxygen atoms in total. The Labute approximate surface area is 169 Å². The van der Waals surface area contributed by atoms with Gasteiger partial charge in [-0.1, -0.05) is 42.5 Å². The van der Waals surface area contributed by atoms with Crippen molar-refractivity contribution in [3.63, 3.8) is 0 Å². The van der Waals surface area contributed by atoms with Gasteiger partial charge in [-0.05, 0) is 40.5 Å². The summed E-state index contributed by atoms with van der Waals surface area (Å²) in [6.07, 6.45) is 0.834. The van der Waals surface area contributed by atoms with E-state index in [2.05, 4.69) is 5.32 Å². The van der Waals surface area contributed by atoms with Crippen LogP contribution in [0.3, 0.4) is 0 Å². The Balaban J connectivity index is 2.07. The lowest BCUT2D eigenvalue weighted by Gasteiger charge is -2.21. The third-order valence-electron chi connectivity index (χ3n) is 4.73. The third kappa shape index (κ3) is 4.12. The molecule has 0 atom stereocenters. The first-order valence-electron chi connectivity index (χ1n) is 9.07. The second-order valence-electron chi connectivity index (χ2n) is 6.59. The highest BCUT2D eigenvalue weighted by Gasteiger charge is 2.18. The van der Waals surface area contributed by atoms with Crippen LogP contribution in [0.5, 0.6) is 0 Å². The first-order chi connectivity index (χ1) is 14.0. The topological polar surface area (TPSA) is 84.7 Å². The molecule has 3 rings (SSSR count). The van der Waals surface area contributed by atoms with Crippen molar-refractivity contribution in [3.8, 4) is 22.3 Å². The van der Waals surface area contributed by atoms with E-state index in [9.17, 15) is 9.59 Å². The minimum atomic E-state index is -0.443. The molecule has 0 unspecified atom stereocenters. The van der Waals surface area contributed by atoms with Gasteiger partial charge in [0.1, 0.15) is 6.29 Å². The van der Waals surface area contributed by atoms with Crippen molar-refractivity contribution < 1.29 is 14.3 Å². The first-order valence-corrected chi connectivity index (χ1v) is 9.07. The molecule has 0 saturated carbocycles. The number of aldehydes is 1. The molecule has 3 aromatic rings. The summed E-state index contributed by atoms with van der Waals surface area (Å²) in [5.41, 5.74) is 6.04. The van der Waals surface area contributed by atoms with Gasteiger partial charge in [-0.15, -0.1) is 0 Å². The average Bonchev–Trinajstić information content (AvgIpc) is 2.77. The Hall–Kier alpha value is -3.64. The normalized spacial score (nSPS) is 10.3. The largest absolute Gasteiger partial charge is 0.465 e. The maximum atomic E-state index is 12.3. The number of hydrazine groups is 1. The molecule has 0 bridgehead atoms. The smallest absolute Gasteiger partial charge is 0.340 e. The molecule has 0 aliphatic heterocycles. The van der Waals surface area contributed by atoms with Gasteiger partial charge in [-0.3, -0.25) is 4.79 Å². The number of nitrogens with zero attached hydrogens (tertiary/aromatic N) is 1. The molecule has 0 aliphatic rings. The predicted molar refractivity (Wildman–Crippen MR) is 116 cm³/mol. The lowest BCUT2D eigenvalue weighted by molar-refractivity contribution is 0.0602.